The number of nitrogens with zero attached hydrogens (tertiary/aromatic N) is 3. The molecule has 10 heteroatoms. The standard InChI is InChI=1S/C32H32F3N3O4/c1-37(26(40)10-7-18-3-2-4-21(13-18)32(33,34)35)23-11-12-31(41)25-14-20-8-9-24(39)28-27(20)30(31,29(23)42-28)15-22(16-36)38(25)17-19-5-6-19/h2-4,7-10,13,19,22-23,25,29,39,41H,5-6,11-12,14-15,17H2,1H3/t22?,23-,25-,29+,30+,31-/m1/s1. The summed E-state index contributed by atoms with van der Waals surface area (Å²) < 4.78 is 46.0. The maximum Gasteiger partial charge on any atom is 0.416 e. The Morgan fingerprint density at radius 1 is 1.26 bits per heavy atom. The van der Waals surface area contributed by atoms with Crippen LogP contribution in [-0.4, -0.2) is 69.3 Å². The third-order valence-electron chi connectivity index (χ3n) is 10.4. The number of rotatable bonds is 5. The zero-order valence-electron chi connectivity index (χ0n) is 23.1. The van der Waals surface area contributed by atoms with E-state index in [1.54, 1.807) is 13.1 Å². The highest BCUT2D eigenvalue weighted by molar-refractivity contribution is 5.92. The van der Waals surface area contributed by atoms with Gasteiger partial charge in [-0.3, -0.25) is 9.69 Å². The van der Waals surface area contributed by atoms with Gasteiger partial charge in [0.2, 0.25) is 5.91 Å². The summed E-state index contributed by atoms with van der Waals surface area (Å²) >= 11 is 0. The zero-order chi connectivity index (χ0) is 29.6. The van der Waals surface area contributed by atoms with Crippen LogP contribution in [0.1, 0.15) is 54.4 Å². The number of halogens is 3. The van der Waals surface area contributed by atoms with Gasteiger partial charge in [-0.2, -0.15) is 18.4 Å². The van der Waals surface area contributed by atoms with Crippen LogP contribution in [-0.2, 0) is 22.8 Å². The molecule has 2 saturated carbocycles. The molecule has 220 valence electrons. The van der Waals surface area contributed by atoms with Gasteiger partial charge in [-0.25, -0.2) is 0 Å². The number of piperidine rings is 1. The molecular formula is C32H32F3N3O4. The van der Waals surface area contributed by atoms with E-state index in [0.717, 1.165) is 42.6 Å². The molecule has 0 radical (unpaired) electrons. The van der Waals surface area contributed by atoms with Crippen LogP contribution in [0.3, 0.4) is 0 Å². The average molecular weight is 580 g/mol. The number of carbonyl (C=O) groups is 1. The Hall–Kier alpha value is -3.55. The minimum absolute atomic E-state index is 0.0376. The molecule has 2 bridgehead atoms. The first-order chi connectivity index (χ1) is 20.0. The molecule has 1 unspecified atom stereocenters. The van der Waals surface area contributed by atoms with E-state index in [4.69, 9.17) is 4.74 Å². The first-order valence-corrected chi connectivity index (χ1v) is 14.5. The van der Waals surface area contributed by atoms with E-state index in [2.05, 4.69) is 11.0 Å². The Morgan fingerprint density at radius 3 is 2.76 bits per heavy atom. The number of likely N-dealkylation sites (tertiary alicyclic amines) is 1. The molecule has 0 aromatic heterocycles. The molecule has 1 saturated heterocycles. The van der Waals surface area contributed by atoms with Crippen molar-refractivity contribution in [3.63, 3.8) is 0 Å². The largest absolute Gasteiger partial charge is 0.504 e. The Kier molecular flexibility index (Phi) is 5.99. The van der Waals surface area contributed by atoms with Gasteiger partial charge >= 0.3 is 6.18 Å². The molecule has 5 aliphatic rings. The van der Waals surface area contributed by atoms with Gasteiger partial charge in [0.1, 0.15) is 6.10 Å². The van der Waals surface area contributed by atoms with Crippen molar-refractivity contribution in [2.45, 2.75) is 79.9 Å². The van der Waals surface area contributed by atoms with Gasteiger partial charge in [0.25, 0.3) is 0 Å². The molecule has 2 heterocycles. The van der Waals surface area contributed by atoms with E-state index in [-0.39, 0.29) is 17.4 Å². The van der Waals surface area contributed by atoms with Crippen LogP contribution in [0.15, 0.2) is 42.5 Å². The molecule has 3 fully saturated rings. The molecule has 7 rings (SSSR count). The minimum atomic E-state index is -4.49. The number of amides is 1. The second kappa shape index (κ2) is 9.22. The average Bonchev–Trinajstić information content (AvgIpc) is 3.71. The molecule has 6 atom stereocenters. The number of aromatic hydroxyl groups is 1. The SMILES string of the molecule is CN(C(=O)C=Cc1cccc(C(F)(F)F)c1)[C@@H]1CC[C@@]2(O)[C@H]3Cc4ccc(O)c5c4[C@@]2(CC(C#N)N3CC2CC2)[C@H]1O5. The number of nitriles is 1. The zero-order valence-corrected chi connectivity index (χ0v) is 23.1. The molecule has 1 amide bonds. The van der Waals surface area contributed by atoms with Crippen molar-refractivity contribution in [2.75, 3.05) is 13.6 Å². The normalized spacial score (nSPS) is 33.1. The quantitative estimate of drug-likeness (QED) is 0.510. The van der Waals surface area contributed by atoms with Crippen molar-refractivity contribution in [1.82, 2.24) is 9.80 Å². The van der Waals surface area contributed by atoms with E-state index in [1.807, 2.05) is 6.07 Å². The van der Waals surface area contributed by atoms with E-state index < -0.39 is 46.9 Å². The fraction of sp³-hybridized carbons (Fsp3) is 0.500. The maximum atomic E-state index is 13.4. The molecule has 42 heavy (non-hydrogen) atoms. The summed E-state index contributed by atoms with van der Waals surface area (Å²) in [6.45, 7) is 0.759. The first kappa shape index (κ1) is 27.3. The van der Waals surface area contributed by atoms with Crippen LogP contribution in [0.25, 0.3) is 6.08 Å². The van der Waals surface area contributed by atoms with E-state index in [9.17, 15) is 33.4 Å². The van der Waals surface area contributed by atoms with Gasteiger partial charge < -0.3 is 19.8 Å². The van der Waals surface area contributed by atoms with E-state index in [1.165, 1.54) is 29.2 Å². The number of benzene rings is 2. The lowest BCUT2D eigenvalue weighted by atomic mass is 9.47. The highest BCUT2D eigenvalue weighted by Gasteiger charge is 2.75. The van der Waals surface area contributed by atoms with Crippen molar-refractivity contribution >= 4 is 12.0 Å². The van der Waals surface area contributed by atoms with Crippen molar-refractivity contribution < 1.29 is 32.9 Å². The smallest absolute Gasteiger partial charge is 0.416 e. The number of phenolic OH excluding ortho intramolecular Hbond substituents is 1. The molecule has 7 nitrogen and oxygen atoms in total. The number of carbonyl (C=O) groups excluding carboxylic acids is 1. The lowest BCUT2D eigenvalue weighted by molar-refractivity contribution is -0.207. The predicted octanol–water partition coefficient (Wildman–Crippen LogP) is 4.41. The lowest BCUT2D eigenvalue weighted by Crippen LogP contribution is -2.79. The van der Waals surface area contributed by atoms with E-state index >= 15 is 0 Å². The fourth-order valence-electron chi connectivity index (χ4n) is 8.28. The van der Waals surface area contributed by atoms with E-state index in [0.29, 0.717) is 37.4 Å². The van der Waals surface area contributed by atoms with Crippen molar-refractivity contribution in [3.8, 4) is 17.6 Å². The second-order valence-corrected chi connectivity index (χ2v) is 12.6. The molecule has 2 aromatic carbocycles. The van der Waals surface area contributed by atoms with Crippen LogP contribution in [0, 0.1) is 17.2 Å². The summed E-state index contributed by atoms with van der Waals surface area (Å²) in [5.41, 5.74) is -1.03. The number of phenols is 1. The lowest BCUT2D eigenvalue weighted by Gasteiger charge is -2.65. The number of alkyl halides is 3. The van der Waals surface area contributed by atoms with Crippen molar-refractivity contribution in [1.29, 1.82) is 5.26 Å². The topological polar surface area (TPSA) is 97.0 Å². The monoisotopic (exact) mass is 579 g/mol. The summed E-state index contributed by atoms with van der Waals surface area (Å²) in [5.74, 6) is 0.381. The highest BCUT2D eigenvalue weighted by atomic mass is 19.4. The molecule has 2 N–H and O–H groups in total. The van der Waals surface area contributed by atoms with Gasteiger partial charge in [-0.05, 0) is 79.8 Å². The van der Waals surface area contributed by atoms with Crippen LogP contribution in [0.5, 0.6) is 11.5 Å². The number of aliphatic hydroxyl groups is 1. The minimum Gasteiger partial charge on any atom is -0.504 e. The Labute approximate surface area is 241 Å². The van der Waals surface area contributed by atoms with Gasteiger partial charge in [-0.1, -0.05) is 18.2 Å². The second-order valence-electron chi connectivity index (χ2n) is 12.6. The Balaban J connectivity index is 1.24. The van der Waals surface area contributed by atoms with Gasteiger partial charge in [0.15, 0.2) is 11.5 Å². The van der Waals surface area contributed by atoms with Crippen molar-refractivity contribution in [2.24, 2.45) is 5.92 Å². The number of hydrogen-bond acceptors (Lipinski definition) is 6. The van der Waals surface area contributed by atoms with Crippen LogP contribution < -0.4 is 4.74 Å². The van der Waals surface area contributed by atoms with Gasteiger partial charge in [-0.15, -0.1) is 0 Å². The predicted molar refractivity (Wildman–Crippen MR) is 146 cm³/mol. The summed E-state index contributed by atoms with van der Waals surface area (Å²) in [4.78, 5) is 17.1. The number of hydrogen-bond donors (Lipinski definition) is 2. The van der Waals surface area contributed by atoms with Gasteiger partial charge in [0.05, 0.1) is 34.7 Å². The Morgan fingerprint density at radius 2 is 2.05 bits per heavy atom. The highest BCUT2D eigenvalue weighted by Crippen LogP contribution is 2.66. The fourth-order valence-corrected chi connectivity index (χ4v) is 8.28. The van der Waals surface area contributed by atoms with Crippen LogP contribution in [0.4, 0.5) is 13.2 Å². The summed E-state index contributed by atoms with van der Waals surface area (Å²) in [7, 11) is 1.63. The van der Waals surface area contributed by atoms with Gasteiger partial charge in [0, 0.05) is 31.3 Å². The molecule has 3 aliphatic carbocycles. The molecular weight excluding hydrogens is 547 g/mol. The molecule has 2 aliphatic heterocycles. The number of likely N-dealkylation sites (N-methyl/N-ethyl adjacent to an activating group) is 1. The van der Waals surface area contributed by atoms with Crippen LogP contribution in [0.2, 0.25) is 0 Å². The Bertz CT molecular complexity index is 1530. The number of ether oxygens (including phenoxy) is 1. The summed E-state index contributed by atoms with van der Waals surface area (Å²) in [6, 6.07) is 9.50. The summed E-state index contributed by atoms with van der Waals surface area (Å²) in [5, 5.41) is 33.9. The van der Waals surface area contributed by atoms with Crippen molar-refractivity contribution in [3.05, 3.63) is 64.7 Å². The third-order valence-corrected chi connectivity index (χ3v) is 10.4. The summed E-state index contributed by atoms with van der Waals surface area (Å²) in [6.07, 6.45) is 1.31. The first-order valence-electron chi connectivity index (χ1n) is 14.5. The molecule has 1 spiro atoms. The maximum absolute atomic E-state index is 13.4. The molecule has 2 aromatic rings. The third kappa shape index (κ3) is 3.82. The van der Waals surface area contributed by atoms with Crippen LogP contribution >= 0.6 is 0 Å².